The van der Waals surface area contributed by atoms with Crippen LogP contribution >= 0.6 is 0 Å². The van der Waals surface area contributed by atoms with Crippen molar-refractivity contribution in [2.24, 2.45) is 34.5 Å². The van der Waals surface area contributed by atoms with Crippen LogP contribution in [0.1, 0.15) is 78.6 Å². The van der Waals surface area contributed by atoms with E-state index in [1.807, 2.05) is 6.08 Å². The molecule has 0 spiro atoms. The molecule has 4 aliphatic carbocycles. The van der Waals surface area contributed by atoms with E-state index in [0.29, 0.717) is 23.3 Å². The molecule has 27 heavy (non-hydrogen) atoms. The van der Waals surface area contributed by atoms with Crippen LogP contribution in [0.15, 0.2) is 11.6 Å². The van der Waals surface area contributed by atoms with Crippen LogP contribution in [0.2, 0.25) is 0 Å². The zero-order chi connectivity index (χ0) is 19.6. The number of aliphatic carboxylic acids is 1. The van der Waals surface area contributed by atoms with Crippen LogP contribution in [-0.2, 0) is 4.79 Å². The van der Waals surface area contributed by atoms with E-state index < -0.39 is 11.6 Å². The molecule has 8 atom stereocenters. The van der Waals surface area contributed by atoms with E-state index in [9.17, 15) is 20.1 Å². The van der Waals surface area contributed by atoms with Gasteiger partial charge in [-0.3, -0.25) is 0 Å². The number of hydrogen-bond acceptors (Lipinski definition) is 3. The van der Waals surface area contributed by atoms with Crippen LogP contribution < -0.4 is 0 Å². The highest BCUT2D eigenvalue weighted by molar-refractivity contribution is 5.85. The number of rotatable bonds is 2. The van der Waals surface area contributed by atoms with Crippen molar-refractivity contribution in [3.05, 3.63) is 11.6 Å². The van der Waals surface area contributed by atoms with Gasteiger partial charge in [0, 0.05) is 11.0 Å². The fourth-order valence-corrected chi connectivity index (χ4v) is 7.88. The van der Waals surface area contributed by atoms with Crippen LogP contribution in [0.5, 0.6) is 0 Å². The Hall–Kier alpha value is -0.870. The monoisotopic (exact) mass is 376 g/mol. The Balaban J connectivity index is 1.64. The molecule has 0 unspecified atom stereocenters. The number of aliphatic hydroxyl groups excluding tert-OH is 1. The molecule has 0 aromatic carbocycles. The molecule has 4 nitrogen and oxygen atoms in total. The molecule has 4 saturated carbocycles. The van der Waals surface area contributed by atoms with Gasteiger partial charge >= 0.3 is 5.97 Å². The first-order chi connectivity index (χ1) is 12.6. The van der Waals surface area contributed by atoms with Crippen LogP contribution in [0.3, 0.4) is 0 Å². The quantitative estimate of drug-likeness (QED) is 0.633. The van der Waals surface area contributed by atoms with Crippen molar-refractivity contribution in [3.63, 3.8) is 0 Å². The Labute approximate surface area is 163 Å². The summed E-state index contributed by atoms with van der Waals surface area (Å²) in [7, 11) is 0. The first kappa shape index (κ1) is 19.4. The van der Waals surface area contributed by atoms with Crippen molar-refractivity contribution >= 4 is 5.97 Å². The smallest absolute Gasteiger partial charge is 0.330 e. The molecule has 0 aromatic heterocycles. The Morgan fingerprint density at radius 1 is 1.00 bits per heavy atom. The van der Waals surface area contributed by atoms with E-state index in [1.165, 1.54) is 0 Å². The maximum Gasteiger partial charge on any atom is 0.330 e. The van der Waals surface area contributed by atoms with Gasteiger partial charge in [-0.05, 0) is 93.8 Å². The van der Waals surface area contributed by atoms with Gasteiger partial charge in [0.05, 0.1) is 11.7 Å². The van der Waals surface area contributed by atoms with Crippen LogP contribution in [0.25, 0.3) is 0 Å². The summed E-state index contributed by atoms with van der Waals surface area (Å²) < 4.78 is 0. The Morgan fingerprint density at radius 2 is 1.74 bits per heavy atom. The van der Waals surface area contributed by atoms with Crippen molar-refractivity contribution in [3.8, 4) is 0 Å². The Bertz CT molecular complexity index is 657. The second kappa shape index (κ2) is 6.32. The summed E-state index contributed by atoms with van der Waals surface area (Å²) >= 11 is 0. The van der Waals surface area contributed by atoms with Crippen molar-refractivity contribution < 1.29 is 20.1 Å². The molecular weight excluding hydrogens is 340 g/mol. The summed E-state index contributed by atoms with van der Waals surface area (Å²) in [4.78, 5) is 11.3. The first-order valence-electron chi connectivity index (χ1n) is 10.9. The van der Waals surface area contributed by atoms with Gasteiger partial charge in [0.15, 0.2) is 0 Å². The molecular formula is C23H36O4. The fraction of sp³-hybridized carbons (Fsp3) is 0.870. The summed E-state index contributed by atoms with van der Waals surface area (Å²) in [5.41, 5.74) is -0.253. The Kier molecular flexibility index (Phi) is 4.55. The van der Waals surface area contributed by atoms with Gasteiger partial charge in [-0.2, -0.15) is 0 Å². The molecule has 4 rings (SSSR count). The number of fused-ring (bicyclic) bond motifs is 5. The number of carboxylic acid groups (broad SMARTS) is 1. The number of allylic oxidation sites excluding steroid dienone is 1. The molecule has 4 fully saturated rings. The molecule has 0 heterocycles. The van der Waals surface area contributed by atoms with Gasteiger partial charge in [0.25, 0.3) is 0 Å². The largest absolute Gasteiger partial charge is 0.478 e. The zero-order valence-corrected chi connectivity index (χ0v) is 17.1. The minimum absolute atomic E-state index is 0.142. The molecule has 0 bridgehead atoms. The van der Waals surface area contributed by atoms with Crippen molar-refractivity contribution in [2.75, 3.05) is 0 Å². The lowest BCUT2D eigenvalue weighted by atomic mass is 9.43. The van der Waals surface area contributed by atoms with Gasteiger partial charge in [0.1, 0.15) is 0 Å². The topological polar surface area (TPSA) is 77.8 Å². The Morgan fingerprint density at radius 3 is 2.44 bits per heavy atom. The van der Waals surface area contributed by atoms with Crippen LogP contribution in [-0.4, -0.2) is 33.0 Å². The normalized spacial score (nSPS) is 52.6. The molecule has 0 aliphatic heterocycles. The van der Waals surface area contributed by atoms with Gasteiger partial charge in [-0.1, -0.05) is 19.9 Å². The van der Waals surface area contributed by atoms with E-state index in [-0.39, 0.29) is 22.9 Å². The van der Waals surface area contributed by atoms with E-state index in [1.54, 1.807) is 6.92 Å². The van der Waals surface area contributed by atoms with Crippen LogP contribution in [0.4, 0.5) is 0 Å². The average Bonchev–Trinajstić information content (AvgIpc) is 2.87. The molecule has 152 valence electrons. The zero-order valence-electron chi connectivity index (χ0n) is 17.1. The maximum atomic E-state index is 12.0. The van der Waals surface area contributed by atoms with Gasteiger partial charge in [-0.25, -0.2) is 4.79 Å². The van der Waals surface area contributed by atoms with E-state index in [2.05, 4.69) is 13.8 Å². The van der Waals surface area contributed by atoms with E-state index in [4.69, 9.17) is 0 Å². The number of carboxylic acids is 1. The highest BCUT2D eigenvalue weighted by atomic mass is 16.4. The van der Waals surface area contributed by atoms with Crippen molar-refractivity contribution in [1.82, 2.24) is 0 Å². The first-order valence-corrected chi connectivity index (χ1v) is 10.9. The number of hydrogen-bond donors (Lipinski definition) is 3. The standard InChI is InChI=1S/C23H36O4/c1-14(20(25)26)12-16-6-11-23(27)19-5-4-15-13-17(24)7-9-21(15,2)18(19)8-10-22(16,23)3/h12,15-19,24,27H,4-11,13H2,1-3H3,(H,25,26)/b14-12+/t15-,16-,17-,18+,19-,21+,22-,23+/m1/s1. The summed E-state index contributed by atoms with van der Waals surface area (Å²) in [5.74, 6) is 0.734. The summed E-state index contributed by atoms with van der Waals surface area (Å²) in [5, 5.41) is 31.5. The second-order valence-corrected chi connectivity index (χ2v) is 10.6. The maximum absolute atomic E-state index is 12.0. The minimum atomic E-state index is -0.850. The SMILES string of the molecule is C/C(=C\[C@H]1CC[C@]2(O)[C@@H]3CC[C@@H]4C[C@H](O)CC[C@]4(C)[C@H]3CC[C@]12C)C(=O)O. The lowest BCUT2D eigenvalue weighted by Gasteiger charge is -2.63. The highest BCUT2D eigenvalue weighted by Crippen LogP contribution is 2.69. The average molecular weight is 377 g/mol. The third kappa shape index (κ3) is 2.66. The van der Waals surface area contributed by atoms with E-state index in [0.717, 1.165) is 57.8 Å². The van der Waals surface area contributed by atoms with Gasteiger partial charge < -0.3 is 15.3 Å². The summed E-state index contributed by atoms with van der Waals surface area (Å²) in [6.45, 7) is 6.31. The van der Waals surface area contributed by atoms with E-state index >= 15 is 0 Å². The molecule has 0 aromatic rings. The molecule has 4 heteroatoms. The minimum Gasteiger partial charge on any atom is -0.478 e. The van der Waals surface area contributed by atoms with Crippen LogP contribution in [0, 0.1) is 34.5 Å². The second-order valence-electron chi connectivity index (χ2n) is 10.6. The lowest BCUT2D eigenvalue weighted by Crippen LogP contribution is -2.62. The lowest BCUT2D eigenvalue weighted by molar-refractivity contribution is -0.207. The molecule has 0 radical (unpaired) electrons. The third-order valence-corrected chi connectivity index (χ3v) is 9.68. The predicted molar refractivity (Wildman–Crippen MR) is 104 cm³/mol. The predicted octanol–water partition coefficient (Wildman–Crippen LogP) is 4.15. The van der Waals surface area contributed by atoms with Crippen molar-refractivity contribution in [2.45, 2.75) is 90.3 Å². The van der Waals surface area contributed by atoms with Crippen molar-refractivity contribution in [1.29, 1.82) is 0 Å². The molecule has 0 amide bonds. The molecule has 4 aliphatic rings. The number of aliphatic hydroxyl groups is 2. The van der Waals surface area contributed by atoms with Gasteiger partial charge in [0.2, 0.25) is 0 Å². The molecule has 3 N–H and O–H groups in total. The summed E-state index contributed by atoms with van der Waals surface area (Å²) in [6.07, 6.45) is 10.6. The molecule has 0 saturated heterocycles. The number of carbonyl (C=O) groups is 1. The highest BCUT2D eigenvalue weighted by Gasteiger charge is 2.66. The fourth-order valence-electron chi connectivity index (χ4n) is 7.88. The van der Waals surface area contributed by atoms with Gasteiger partial charge in [-0.15, -0.1) is 0 Å². The summed E-state index contributed by atoms with van der Waals surface area (Å²) in [6, 6.07) is 0. The third-order valence-electron chi connectivity index (χ3n) is 9.68.